The molecule has 0 aliphatic rings. The number of hydrogen-bond donors (Lipinski definition) is 0. The van der Waals surface area contributed by atoms with E-state index in [-0.39, 0.29) is 5.82 Å². The molecule has 0 fully saturated rings. The second kappa shape index (κ2) is 1.80. The van der Waals surface area contributed by atoms with Crippen LogP contribution in [-0.4, -0.2) is 9.38 Å². The Kier molecular flexibility index (Phi) is 0.974. The van der Waals surface area contributed by atoms with E-state index >= 15 is 0 Å². The fraction of sp³-hybridized carbons (Fsp3) is 0. The lowest BCUT2D eigenvalue weighted by molar-refractivity contribution is 0.619. The van der Waals surface area contributed by atoms with Crippen molar-refractivity contribution in [3.05, 3.63) is 36.5 Å². The van der Waals surface area contributed by atoms with Gasteiger partial charge in [0.1, 0.15) is 11.5 Å². The van der Waals surface area contributed by atoms with Gasteiger partial charge in [-0.15, -0.1) is 0 Å². The van der Waals surface area contributed by atoms with Crippen LogP contribution in [0.4, 0.5) is 4.39 Å². The van der Waals surface area contributed by atoms with Crippen molar-refractivity contribution in [1.29, 1.82) is 0 Å². The van der Waals surface area contributed by atoms with Crippen LogP contribution in [0, 0.1) is 5.82 Å². The van der Waals surface area contributed by atoms with Gasteiger partial charge in [-0.2, -0.15) is 0 Å². The third-order valence-corrected chi connectivity index (χ3v) is 1.35. The van der Waals surface area contributed by atoms with E-state index in [2.05, 4.69) is 4.98 Å². The molecule has 0 aromatic carbocycles. The van der Waals surface area contributed by atoms with Gasteiger partial charge >= 0.3 is 0 Å². The van der Waals surface area contributed by atoms with Crippen LogP contribution in [0.2, 0.25) is 0 Å². The van der Waals surface area contributed by atoms with Gasteiger partial charge in [-0.05, 0) is 12.1 Å². The smallest absolute Gasteiger partial charge is 0.139 e. The first-order valence-electron chi connectivity index (χ1n) is 2.94. The average Bonchev–Trinajstić information content (AvgIpc) is 2.33. The van der Waals surface area contributed by atoms with Gasteiger partial charge in [0.15, 0.2) is 0 Å². The third kappa shape index (κ3) is 0.673. The number of imidazole rings is 1. The Labute approximate surface area is 56.9 Å². The van der Waals surface area contributed by atoms with Gasteiger partial charge in [-0.1, -0.05) is 0 Å². The summed E-state index contributed by atoms with van der Waals surface area (Å²) in [6, 6.07) is 3.03. The van der Waals surface area contributed by atoms with Crippen molar-refractivity contribution in [3.8, 4) is 0 Å². The maximum atomic E-state index is 12.5. The highest BCUT2D eigenvalue weighted by atomic mass is 19.1. The first-order valence-corrected chi connectivity index (χ1v) is 2.94. The lowest BCUT2D eigenvalue weighted by Gasteiger charge is -1.90. The molecule has 0 aliphatic heterocycles. The van der Waals surface area contributed by atoms with Gasteiger partial charge in [-0.25, -0.2) is 9.37 Å². The Morgan fingerprint density at radius 1 is 1.40 bits per heavy atom. The molecule has 0 radical (unpaired) electrons. The topological polar surface area (TPSA) is 17.3 Å². The van der Waals surface area contributed by atoms with Crippen LogP contribution in [0.1, 0.15) is 0 Å². The number of rotatable bonds is 0. The molecule has 2 aromatic rings. The molecule has 0 atom stereocenters. The minimum atomic E-state index is -0.245. The fourth-order valence-corrected chi connectivity index (χ4v) is 0.893. The summed E-state index contributed by atoms with van der Waals surface area (Å²) in [5.41, 5.74) is 0.765. The van der Waals surface area contributed by atoms with E-state index in [0.717, 1.165) is 5.65 Å². The van der Waals surface area contributed by atoms with Crippen molar-refractivity contribution in [2.45, 2.75) is 0 Å². The number of pyridine rings is 1. The summed E-state index contributed by atoms with van der Waals surface area (Å²) >= 11 is 0. The Morgan fingerprint density at radius 2 is 2.30 bits per heavy atom. The van der Waals surface area contributed by atoms with Crippen LogP contribution < -0.4 is 0 Å². The summed E-state index contributed by atoms with van der Waals surface area (Å²) in [6.07, 6.45) is 4.73. The minimum Gasteiger partial charge on any atom is -0.304 e. The van der Waals surface area contributed by atoms with Gasteiger partial charge in [0.05, 0.1) is 0 Å². The molecular weight excluding hydrogens is 131 g/mol. The highest BCUT2D eigenvalue weighted by molar-refractivity contribution is 5.37. The normalized spacial score (nSPS) is 10.5. The number of aromatic nitrogens is 2. The van der Waals surface area contributed by atoms with Crippen molar-refractivity contribution in [2.24, 2.45) is 0 Å². The molecule has 3 heteroatoms. The summed E-state index contributed by atoms with van der Waals surface area (Å²) in [4.78, 5) is 3.96. The first-order chi connectivity index (χ1) is 4.86. The van der Waals surface area contributed by atoms with Crippen LogP contribution in [0.5, 0.6) is 0 Å². The predicted molar refractivity (Wildman–Crippen MR) is 35.2 cm³/mol. The maximum Gasteiger partial charge on any atom is 0.139 e. The van der Waals surface area contributed by atoms with Crippen molar-refractivity contribution < 1.29 is 4.39 Å². The van der Waals surface area contributed by atoms with Crippen molar-refractivity contribution in [1.82, 2.24) is 9.38 Å². The molecule has 0 amide bonds. The molecule has 2 nitrogen and oxygen atoms in total. The third-order valence-electron chi connectivity index (χ3n) is 1.35. The molecule has 2 aromatic heterocycles. The molecule has 0 aliphatic carbocycles. The van der Waals surface area contributed by atoms with Crippen LogP contribution >= 0.6 is 0 Å². The van der Waals surface area contributed by atoms with Crippen LogP contribution in [0.3, 0.4) is 0 Å². The number of nitrogens with zero attached hydrogens (tertiary/aromatic N) is 2. The van der Waals surface area contributed by atoms with Crippen molar-refractivity contribution in [2.75, 3.05) is 0 Å². The van der Waals surface area contributed by atoms with Gasteiger partial charge in [-0.3, -0.25) is 0 Å². The SMILES string of the molecule is Fc1ccc2nccn2c1. The minimum absolute atomic E-state index is 0.245. The quantitative estimate of drug-likeness (QED) is 0.536. The monoisotopic (exact) mass is 136 g/mol. The lowest BCUT2D eigenvalue weighted by atomic mass is 10.5. The standard InChI is InChI=1S/C7H5FN2/c8-6-1-2-7-9-3-4-10(7)5-6/h1-5H. The van der Waals surface area contributed by atoms with Crippen LogP contribution in [0.15, 0.2) is 30.7 Å². The molecule has 10 heavy (non-hydrogen) atoms. The molecule has 2 rings (SSSR count). The van der Waals surface area contributed by atoms with Gasteiger partial charge < -0.3 is 4.40 Å². The summed E-state index contributed by atoms with van der Waals surface area (Å²) in [5.74, 6) is -0.245. The van der Waals surface area contributed by atoms with Gasteiger partial charge in [0.2, 0.25) is 0 Å². The molecule has 50 valence electrons. The Morgan fingerprint density at radius 3 is 3.20 bits per heavy atom. The molecular formula is C7H5FN2. The van der Waals surface area contributed by atoms with Gasteiger partial charge in [0.25, 0.3) is 0 Å². The number of halogens is 1. The van der Waals surface area contributed by atoms with E-state index < -0.39 is 0 Å². The largest absolute Gasteiger partial charge is 0.304 e. The van der Waals surface area contributed by atoms with E-state index in [1.807, 2.05) is 0 Å². The van der Waals surface area contributed by atoms with Gasteiger partial charge in [0, 0.05) is 18.6 Å². The number of fused-ring (bicyclic) bond motifs is 1. The number of hydrogen-bond acceptors (Lipinski definition) is 1. The molecule has 0 saturated carbocycles. The Balaban J connectivity index is 2.86. The Bertz CT molecular complexity index is 353. The molecule has 0 spiro atoms. The zero-order valence-electron chi connectivity index (χ0n) is 5.16. The average molecular weight is 136 g/mol. The first kappa shape index (κ1) is 5.41. The van der Waals surface area contributed by atoms with E-state index in [4.69, 9.17) is 0 Å². The second-order valence-electron chi connectivity index (χ2n) is 2.04. The lowest BCUT2D eigenvalue weighted by Crippen LogP contribution is -1.83. The summed E-state index contributed by atoms with van der Waals surface area (Å²) < 4.78 is 14.1. The van der Waals surface area contributed by atoms with E-state index in [9.17, 15) is 4.39 Å². The van der Waals surface area contributed by atoms with Crippen LogP contribution in [-0.2, 0) is 0 Å². The zero-order chi connectivity index (χ0) is 6.97. The van der Waals surface area contributed by atoms with Crippen molar-refractivity contribution in [3.63, 3.8) is 0 Å². The summed E-state index contributed by atoms with van der Waals surface area (Å²) in [7, 11) is 0. The zero-order valence-corrected chi connectivity index (χ0v) is 5.16. The second-order valence-corrected chi connectivity index (χ2v) is 2.04. The molecule has 0 N–H and O–H groups in total. The van der Waals surface area contributed by atoms with Crippen LogP contribution in [0.25, 0.3) is 5.65 Å². The van der Waals surface area contributed by atoms with E-state index in [1.54, 1.807) is 22.9 Å². The highest BCUT2D eigenvalue weighted by Gasteiger charge is 1.92. The highest BCUT2D eigenvalue weighted by Crippen LogP contribution is 2.01. The predicted octanol–water partition coefficient (Wildman–Crippen LogP) is 1.47. The Hall–Kier alpha value is -1.38. The molecule has 2 heterocycles. The molecule has 0 saturated heterocycles. The maximum absolute atomic E-state index is 12.5. The van der Waals surface area contributed by atoms with Crippen molar-refractivity contribution >= 4 is 5.65 Å². The summed E-state index contributed by atoms with van der Waals surface area (Å²) in [6.45, 7) is 0. The molecule has 0 bridgehead atoms. The molecule has 0 unspecified atom stereocenters. The van der Waals surface area contributed by atoms with E-state index in [0.29, 0.717) is 0 Å². The van der Waals surface area contributed by atoms with E-state index in [1.165, 1.54) is 12.3 Å². The summed E-state index contributed by atoms with van der Waals surface area (Å²) in [5, 5.41) is 0. The fourth-order valence-electron chi connectivity index (χ4n) is 0.893.